The number of likely N-dealkylation sites (tertiary alicyclic amines) is 1. The number of rotatable bonds is 3. The van der Waals surface area contributed by atoms with E-state index in [0.717, 1.165) is 12.8 Å². The van der Waals surface area contributed by atoms with Gasteiger partial charge in [-0.3, -0.25) is 4.79 Å². The second-order valence-electron chi connectivity index (χ2n) is 5.39. The Morgan fingerprint density at radius 1 is 1.35 bits per heavy atom. The quantitative estimate of drug-likeness (QED) is 0.867. The van der Waals surface area contributed by atoms with Crippen molar-refractivity contribution in [1.82, 2.24) is 15.1 Å². The van der Waals surface area contributed by atoms with E-state index in [1.165, 1.54) is 0 Å². The molecule has 2 heterocycles. The zero-order chi connectivity index (χ0) is 16.1. The average molecular weight is 308 g/mol. The summed E-state index contributed by atoms with van der Waals surface area (Å²) in [6.07, 6.45) is 3.24. The Kier molecular flexibility index (Phi) is 4.48. The molecule has 0 aliphatic carbocycles. The molecule has 1 amide bonds. The van der Waals surface area contributed by atoms with E-state index in [0.29, 0.717) is 30.1 Å². The van der Waals surface area contributed by atoms with Crippen LogP contribution in [0.5, 0.6) is 5.88 Å². The normalized spacial score (nSPS) is 17.3. The number of nitrogens with zero attached hydrogens (tertiary/aromatic N) is 4. The molecule has 0 spiro atoms. The monoisotopic (exact) mass is 308 g/mol. The first-order valence-electron chi connectivity index (χ1n) is 7.50. The molecule has 1 aromatic heterocycles. The van der Waals surface area contributed by atoms with Crippen LogP contribution in [-0.2, 0) is 0 Å². The highest BCUT2D eigenvalue weighted by molar-refractivity contribution is 5.94. The van der Waals surface area contributed by atoms with Gasteiger partial charge in [0.2, 0.25) is 5.88 Å². The molecule has 1 aromatic carbocycles. The number of hydrogen-bond donors (Lipinski definition) is 0. The van der Waals surface area contributed by atoms with Gasteiger partial charge in [-0.15, -0.1) is 5.10 Å². The molecule has 116 valence electrons. The number of carbonyl (C=O) groups is 1. The van der Waals surface area contributed by atoms with Crippen molar-refractivity contribution in [3.63, 3.8) is 0 Å². The molecular weight excluding hydrogens is 292 g/mol. The summed E-state index contributed by atoms with van der Waals surface area (Å²) in [4.78, 5) is 14.4. The highest BCUT2D eigenvalue weighted by atomic mass is 16.5. The molecule has 6 heteroatoms. The molecule has 23 heavy (non-hydrogen) atoms. The van der Waals surface area contributed by atoms with Crippen LogP contribution in [0.25, 0.3) is 0 Å². The summed E-state index contributed by atoms with van der Waals surface area (Å²) in [7, 11) is 0. The molecule has 1 atom stereocenters. The second-order valence-corrected chi connectivity index (χ2v) is 5.39. The van der Waals surface area contributed by atoms with Crippen LogP contribution in [0.4, 0.5) is 0 Å². The molecule has 0 unspecified atom stereocenters. The van der Waals surface area contributed by atoms with Gasteiger partial charge in [0.1, 0.15) is 6.10 Å². The zero-order valence-corrected chi connectivity index (χ0v) is 12.6. The minimum Gasteiger partial charge on any atom is -0.471 e. The van der Waals surface area contributed by atoms with E-state index in [4.69, 9.17) is 10.00 Å². The van der Waals surface area contributed by atoms with E-state index in [1.54, 1.807) is 47.5 Å². The summed E-state index contributed by atoms with van der Waals surface area (Å²) >= 11 is 0. The standard InChI is InChI=1S/C17H16N4O2/c18-11-13-4-1-5-14(10-13)17(22)21-9-3-6-15(12-21)23-16-7-2-8-19-20-16/h1-2,4-5,7-8,10,15H,3,6,9,12H2/t15-/m0/s1. The third-order valence-corrected chi connectivity index (χ3v) is 3.74. The summed E-state index contributed by atoms with van der Waals surface area (Å²) in [5.74, 6) is 0.396. The molecule has 1 fully saturated rings. The van der Waals surface area contributed by atoms with Crippen LogP contribution in [0, 0.1) is 11.3 Å². The SMILES string of the molecule is N#Cc1cccc(C(=O)N2CCC[C@H](Oc3cccnn3)C2)c1. The van der Waals surface area contributed by atoms with Gasteiger partial charge in [-0.05, 0) is 37.1 Å². The Bertz CT molecular complexity index is 727. The van der Waals surface area contributed by atoms with Crippen LogP contribution in [-0.4, -0.2) is 40.2 Å². The summed E-state index contributed by atoms with van der Waals surface area (Å²) in [6, 6.07) is 12.3. The van der Waals surface area contributed by atoms with Crippen molar-refractivity contribution in [2.75, 3.05) is 13.1 Å². The van der Waals surface area contributed by atoms with Crippen LogP contribution in [0.3, 0.4) is 0 Å². The lowest BCUT2D eigenvalue weighted by molar-refractivity contribution is 0.0525. The maximum absolute atomic E-state index is 12.6. The summed E-state index contributed by atoms with van der Waals surface area (Å²) in [5, 5.41) is 16.6. The number of aromatic nitrogens is 2. The molecule has 2 aromatic rings. The molecule has 0 bridgehead atoms. The van der Waals surface area contributed by atoms with E-state index >= 15 is 0 Å². The Hall–Kier alpha value is -2.94. The van der Waals surface area contributed by atoms with E-state index in [1.807, 2.05) is 0 Å². The fourth-order valence-corrected chi connectivity index (χ4v) is 2.64. The zero-order valence-electron chi connectivity index (χ0n) is 12.6. The van der Waals surface area contributed by atoms with Gasteiger partial charge < -0.3 is 9.64 Å². The first kappa shape index (κ1) is 15.0. The van der Waals surface area contributed by atoms with Gasteiger partial charge in [-0.2, -0.15) is 10.4 Å². The van der Waals surface area contributed by atoms with Crippen molar-refractivity contribution in [2.45, 2.75) is 18.9 Å². The summed E-state index contributed by atoms with van der Waals surface area (Å²) in [6.45, 7) is 1.20. The number of amides is 1. The van der Waals surface area contributed by atoms with Crippen LogP contribution in [0.1, 0.15) is 28.8 Å². The maximum atomic E-state index is 12.6. The lowest BCUT2D eigenvalue weighted by atomic mass is 10.1. The molecule has 0 saturated carbocycles. The summed E-state index contributed by atoms with van der Waals surface area (Å²) < 4.78 is 5.80. The number of nitriles is 1. The maximum Gasteiger partial charge on any atom is 0.254 e. The van der Waals surface area contributed by atoms with E-state index < -0.39 is 0 Å². The number of benzene rings is 1. The highest BCUT2D eigenvalue weighted by Crippen LogP contribution is 2.18. The fraction of sp³-hybridized carbons (Fsp3) is 0.294. The van der Waals surface area contributed by atoms with Gasteiger partial charge in [-0.1, -0.05) is 6.07 Å². The topological polar surface area (TPSA) is 79.1 Å². The van der Waals surface area contributed by atoms with E-state index in [-0.39, 0.29) is 12.0 Å². The molecule has 0 radical (unpaired) electrons. The molecule has 1 saturated heterocycles. The van der Waals surface area contributed by atoms with Crippen molar-refractivity contribution >= 4 is 5.91 Å². The minimum atomic E-state index is -0.0939. The Morgan fingerprint density at radius 2 is 2.26 bits per heavy atom. The molecule has 6 nitrogen and oxygen atoms in total. The van der Waals surface area contributed by atoms with Crippen molar-refractivity contribution in [3.05, 3.63) is 53.7 Å². The second kappa shape index (κ2) is 6.88. The van der Waals surface area contributed by atoms with Crippen molar-refractivity contribution in [1.29, 1.82) is 5.26 Å². The predicted molar refractivity (Wildman–Crippen MR) is 82.7 cm³/mol. The van der Waals surface area contributed by atoms with Crippen LogP contribution in [0.15, 0.2) is 42.6 Å². The molecule has 1 aliphatic rings. The number of ether oxygens (including phenoxy) is 1. The molecule has 3 rings (SSSR count). The minimum absolute atomic E-state index is 0.0745. The van der Waals surface area contributed by atoms with Gasteiger partial charge in [0.05, 0.1) is 18.2 Å². The third-order valence-electron chi connectivity index (χ3n) is 3.74. The lowest BCUT2D eigenvalue weighted by Gasteiger charge is -2.32. The summed E-state index contributed by atoms with van der Waals surface area (Å²) in [5.41, 5.74) is 1.02. The first-order valence-corrected chi connectivity index (χ1v) is 7.50. The Labute approximate surface area is 134 Å². The van der Waals surface area contributed by atoms with Crippen LogP contribution < -0.4 is 4.74 Å². The smallest absolute Gasteiger partial charge is 0.254 e. The Balaban J connectivity index is 1.68. The van der Waals surface area contributed by atoms with Crippen molar-refractivity contribution in [2.24, 2.45) is 0 Å². The van der Waals surface area contributed by atoms with Gasteiger partial charge in [0, 0.05) is 24.4 Å². The largest absolute Gasteiger partial charge is 0.471 e. The van der Waals surface area contributed by atoms with E-state index in [9.17, 15) is 4.79 Å². The lowest BCUT2D eigenvalue weighted by Crippen LogP contribution is -2.44. The first-order chi connectivity index (χ1) is 11.3. The van der Waals surface area contributed by atoms with Crippen LogP contribution in [0.2, 0.25) is 0 Å². The van der Waals surface area contributed by atoms with Crippen molar-refractivity contribution < 1.29 is 9.53 Å². The number of carbonyl (C=O) groups excluding carboxylic acids is 1. The van der Waals surface area contributed by atoms with Gasteiger partial charge >= 0.3 is 0 Å². The van der Waals surface area contributed by atoms with Crippen LogP contribution >= 0.6 is 0 Å². The highest BCUT2D eigenvalue weighted by Gasteiger charge is 2.26. The molecular formula is C17H16N4O2. The third kappa shape index (κ3) is 3.64. The fourth-order valence-electron chi connectivity index (χ4n) is 2.64. The molecule has 1 aliphatic heterocycles. The number of piperidine rings is 1. The Morgan fingerprint density at radius 3 is 3.04 bits per heavy atom. The van der Waals surface area contributed by atoms with Gasteiger partial charge in [-0.25, -0.2) is 0 Å². The van der Waals surface area contributed by atoms with Gasteiger partial charge in [0.15, 0.2) is 0 Å². The van der Waals surface area contributed by atoms with Gasteiger partial charge in [0.25, 0.3) is 5.91 Å². The molecule has 0 N–H and O–H groups in total. The van der Waals surface area contributed by atoms with E-state index in [2.05, 4.69) is 16.3 Å². The number of hydrogen-bond acceptors (Lipinski definition) is 5. The predicted octanol–water partition coefficient (Wildman–Crippen LogP) is 2.03. The van der Waals surface area contributed by atoms with Crippen molar-refractivity contribution in [3.8, 4) is 11.9 Å². The average Bonchev–Trinajstić information content (AvgIpc) is 2.62.